The molecule has 1 aromatic carbocycles. The van der Waals surface area contributed by atoms with Crippen molar-refractivity contribution in [3.63, 3.8) is 0 Å². The molecule has 0 unspecified atom stereocenters. The molecule has 154 valence electrons. The number of nitrogens with one attached hydrogen (secondary N) is 1. The second-order valence-corrected chi connectivity index (χ2v) is 7.92. The van der Waals surface area contributed by atoms with E-state index in [9.17, 15) is 13.6 Å². The molecule has 28 heavy (non-hydrogen) atoms. The zero-order valence-electron chi connectivity index (χ0n) is 16.7. The van der Waals surface area contributed by atoms with Crippen molar-refractivity contribution in [2.24, 2.45) is 5.92 Å². The second-order valence-electron chi connectivity index (χ2n) is 6.98. The maximum atomic E-state index is 12.1. The molecular formula is C20H27F2N3O2S. The van der Waals surface area contributed by atoms with Gasteiger partial charge in [-0.1, -0.05) is 37.7 Å². The number of halogens is 2. The van der Waals surface area contributed by atoms with Gasteiger partial charge in [-0.15, -0.1) is 0 Å². The molecule has 0 fully saturated rings. The summed E-state index contributed by atoms with van der Waals surface area (Å²) in [6.07, 6.45) is 0.617. The van der Waals surface area contributed by atoms with E-state index < -0.39 is 6.61 Å². The summed E-state index contributed by atoms with van der Waals surface area (Å²) in [5.74, 6) is 0.867. The summed E-state index contributed by atoms with van der Waals surface area (Å²) in [7, 11) is 0. The molecule has 2 rings (SSSR count). The third-order valence-corrected chi connectivity index (χ3v) is 5.16. The normalized spacial score (nSPS) is 11.3. The summed E-state index contributed by atoms with van der Waals surface area (Å²) in [4.78, 5) is 16.7. The van der Waals surface area contributed by atoms with Crippen molar-refractivity contribution >= 4 is 17.7 Å². The van der Waals surface area contributed by atoms with Crippen molar-refractivity contribution in [3.05, 3.63) is 41.2 Å². The van der Waals surface area contributed by atoms with Crippen LogP contribution in [0, 0.1) is 19.8 Å². The summed E-state index contributed by atoms with van der Waals surface area (Å²) >= 11 is 1.44. The Hall–Kier alpha value is -2.09. The van der Waals surface area contributed by atoms with Crippen LogP contribution in [0.5, 0.6) is 5.75 Å². The first-order chi connectivity index (χ1) is 13.3. The van der Waals surface area contributed by atoms with E-state index >= 15 is 0 Å². The Balaban J connectivity index is 1.78. The van der Waals surface area contributed by atoms with Gasteiger partial charge in [0.25, 0.3) is 0 Å². The zero-order valence-corrected chi connectivity index (χ0v) is 17.5. The zero-order chi connectivity index (χ0) is 20.7. The summed E-state index contributed by atoms with van der Waals surface area (Å²) in [5, 5.41) is 3.75. The van der Waals surface area contributed by atoms with Gasteiger partial charge in [0.05, 0.1) is 11.4 Å². The van der Waals surface area contributed by atoms with Gasteiger partial charge in [-0.05, 0) is 43.9 Å². The molecule has 0 saturated carbocycles. The van der Waals surface area contributed by atoms with Gasteiger partial charge >= 0.3 is 6.61 Å². The van der Waals surface area contributed by atoms with Crippen LogP contribution in [-0.4, -0.2) is 34.4 Å². The van der Waals surface area contributed by atoms with Gasteiger partial charge in [-0.2, -0.15) is 8.78 Å². The molecule has 0 aliphatic carbocycles. The highest BCUT2D eigenvalue weighted by Gasteiger charge is 2.14. The predicted octanol–water partition coefficient (Wildman–Crippen LogP) is 4.21. The fraction of sp³-hybridized carbons (Fsp3) is 0.500. The second kappa shape index (κ2) is 10.5. The lowest BCUT2D eigenvalue weighted by Gasteiger charge is -2.12. The van der Waals surface area contributed by atoms with Gasteiger partial charge in [0, 0.05) is 18.8 Å². The fourth-order valence-electron chi connectivity index (χ4n) is 2.68. The first-order valence-electron chi connectivity index (χ1n) is 9.23. The third-order valence-electron chi connectivity index (χ3n) is 4.19. The molecule has 0 aliphatic heterocycles. The van der Waals surface area contributed by atoms with Crippen LogP contribution in [0.2, 0.25) is 0 Å². The Morgan fingerprint density at radius 1 is 1.25 bits per heavy atom. The number of imidazole rings is 1. The highest BCUT2D eigenvalue weighted by molar-refractivity contribution is 7.99. The van der Waals surface area contributed by atoms with Crippen LogP contribution in [0.1, 0.15) is 30.8 Å². The van der Waals surface area contributed by atoms with E-state index in [1.54, 1.807) is 12.1 Å². The minimum atomic E-state index is -2.83. The van der Waals surface area contributed by atoms with E-state index in [2.05, 4.69) is 33.5 Å². The molecule has 2 aromatic rings. The van der Waals surface area contributed by atoms with Gasteiger partial charge in [-0.3, -0.25) is 4.79 Å². The van der Waals surface area contributed by atoms with Crippen LogP contribution in [0.15, 0.2) is 29.4 Å². The van der Waals surface area contributed by atoms with Crippen molar-refractivity contribution in [1.29, 1.82) is 0 Å². The van der Waals surface area contributed by atoms with Crippen LogP contribution >= 0.6 is 11.8 Å². The maximum Gasteiger partial charge on any atom is 0.387 e. The van der Waals surface area contributed by atoms with E-state index in [1.807, 2.05) is 13.8 Å². The van der Waals surface area contributed by atoms with Crippen LogP contribution in [0.25, 0.3) is 0 Å². The van der Waals surface area contributed by atoms with Crippen molar-refractivity contribution in [2.45, 2.75) is 52.4 Å². The number of thioether (sulfide) groups is 1. The summed E-state index contributed by atoms with van der Waals surface area (Å²) in [6, 6.07) is 6.43. The molecule has 1 amide bonds. The van der Waals surface area contributed by atoms with Gasteiger partial charge in [0.2, 0.25) is 5.91 Å². The molecule has 5 nitrogen and oxygen atoms in total. The Morgan fingerprint density at radius 2 is 1.93 bits per heavy atom. The van der Waals surface area contributed by atoms with Gasteiger partial charge in [0.1, 0.15) is 5.75 Å². The molecule has 0 radical (unpaired) electrons. The van der Waals surface area contributed by atoms with Crippen LogP contribution < -0.4 is 10.1 Å². The van der Waals surface area contributed by atoms with Crippen LogP contribution in [-0.2, 0) is 17.8 Å². The number of aromatic nitrogens is 2. The molecule has 0 bridgehead atoms. The standard InChI is InChI=1S/C20H27F2N3O2S/c1-13(2)11-25-15(4)14(3)24-20(25)28-12-18(26)23-10-9-16-5-7-17(8-6-16)27-19(21)22/h5-8,13,19H,9-12H2,1-4H3,(H,23,26). The first kappa shape index (κ1) is 22.2. The lowest BCUT2D eigenvalue weighted by molar-refractivity contribution is -0.118. The SMILES string of the molecule is Cc1nc(SCC(=O)NCCc2ccc(OC(F)F)cc2)n(CC(C)C)c1C. The molecule has 1 heterocycles. The topological polar surface area (TPSA) is 56.1 Å². The Bertz CT molecular complexity index is 777. The molecular weight excluding hydrogens is 384 g/mol. The van der Waals surface area contributed by atoms with Crippen molar-refractivity contribution in [1.82, 2.24) is 14.9 Å². The minimum absolute atomic E-state index is 0.0583. The van der Waals surface area contributed by atoms with Crippen molar-refractivity contribution in [3.8, 4) is 5.75 Å². The number of benzene rings is 1. The number of rotatable bonds is 10. The van der Waals surface area contributed by atoms with Gasteiger partial charge < -0.3 is 14.6 Å². The molecule has 0 saturated heterocycles. The summed E-state index contributed by atoms with van der Waals surface area (Å²) in [5.41, 5.74) is 3.06. The number of alkyl halides is 2. The number of hydrogen-bond acceptors (Lipinski definition) is 4. The number of nitrogens with zero attached hydrogens (tertiary/aromatic N) is 2. The summed E-state index contributed by atoms with van der Waals surface area (Å²) < 4.78 is 30.8. The van der Waals surface area contributed by atoms with Crippen LogP contribution in [0.3, 0.4) is 0 Å². The van der Waals surface area contributed by atoms with E-state index in [0.29, 0.717) is 24.6 Å². The van der Waals surface area contributed by atoms with E-state index in [1.165, 1.54) is 23.9 Å². The van der Waals surface area contributed by atoms with Gasteiger partial charge in [-0.25, -0.2) is 4.98 Å². The third kappa shape index (κ3) is 6.82. The molecule has 1 N–H and O–H groups in total. The molecule has 8 heteroatoms. The van der Waals surface area contributed by atoms with Gasteiger partial charge in [0.15, 0.2) is 5.16 Å². The quantitative estimate of drug-likeness (QED) is 0.595. The number of carbonyl (C=O) groups excluding carboxylic acids is 1. The maximum absolute atomic E-state index is 12.1. The average molecular weight is 412 g/mol. The molecule has 0 aliphatic rings. The average Bonchev–Trinajstić information content (AvgIpc) is 2.88. The number of aryl methyl sites for hydroxylation is 1. The largest absolute Gasteiger partial charge is 0.435 e. The highest BCUT2D eigenvalue weighted by Crippen LogP contribution is 2.22. The van der Waals surface area contributed by atoms with E-state index in [0.717, 1.165) is 28.7 Å². The number of amides is 1. The van der Waals surface area contributed by atoms with Crippen LogP contribution in [0.4, 0.5) is 8.78 Å². The highest BCUT2D eigenvalue weighted by atomic mass is 32.2. The Morgan fingerprint density at radius 3 is 2.54 bits per heavy atom. The van der Waals surface area contributed by atoms with Crippen molar-refractivity contribution in [2.75, 3.05) is 12.3 Å². The lowest BCUT2D eigenvalue weighted by Crippen LogP contribution is -2.27. The van der Waals surface area contributed by atoms with E-state index in [-0.39, 0.29) is 11.7 Å². The van der Waals surface area contributed by atoms with Crippen molar-refractivity contribution < 1.29 is 18.3 Å². The smallest absolute Gasteiger partial charge is 0.387 e. The Kier molecular flexibility index (Phi) is 8.29. The molecule has 1 aromatic heterocycles. The Labute approximate surface area is 168 Å². The van der Waals surface area contributed by atoms with E-state index in [4.69, 9.17) is 0 Å². The number of hydrogen-bond donors (Lipinski definition) is 1. The number of carbonyl (C=O) groups is 1. The minimum Gasteiger partial charge on any atom is -0.435 e. The number of ether oxygens (including phenoxy) is 1. The fourth-order valence-corrected chi connectivity index (χ4v) is 3.61. The predicted molar refractivity (Wildman–Crippen MR) is 107 cm³/mol. The lowest BCUT2D eigenvalue weighted by atomic mass is 10.1. The monoisotopic (exact) mass is 411 g/mol. The molecule has 0 atom stereocenters. The summed E-state index contributed by atoms with van der Waals surface area (Å²) in [6.45, 7) is 6.87. The molecule has 0 spiro atoms. The first-order valence-corrected chi connectivity index (χ1v) is 10.2.